The summed E-state index contributed by atoms with van der Waals surface area (Å²) in [6, 6.07) is 9.50. The zero-order valence-electron chi connectivity index (χ0n) is 33.1. The fraction of sp³-hybridized carbons (Fsp3) is 0.523. The van der Waals surface area contributed by atoms with E-state index < -0.39 is 5.97 Å². The summed E-state index contributed by atoms with van der Waals surface area (Å²) in [6.45, 7) is 6.27. The minimum atomic E-state index is -0.429. The van der Waals surface area contributed by atoms with Crippen LogP contribution in [0.15, 0.2) is 78.5 Å². The Kier molecular flexibility index (Phi) is 22.2. The Hall–Kier alpha value is -3.83. The second-order valence-corrected chi connectivity index (χ2v) is 15.0. The number of halogens is 2. The van der Waals surface area contributed by atoms with Crippen LogP contribution in [0.3, 0.4) is 0 Å². The van der Waals surface area contributed by atoms with E-state index in [1.807, 2.05) is 47.6 Å². The van der Waals surface area contributed by atoms with Crippen molar-refractivity contribution in [2.24, 2.45) is 0 Å². The molecule has 304 valence electrons. The quantitative estimate of drug-likeness (QED) is 0.0238. The van der Waals surface area contributed by atoms with Crippen LogP contribution in [0.2, 0.25) is 5.02 Å². The van der Waals surface area contributed by atoms with Gasteiger partial charge < -0.3 is 19.5 Å². The molecule has 3 aromatic heterocycles. The van der Waals surface area contributed by atoms with Crippen molar-refractivity contribution in [1.82, 2.24) is 30.3 Å². The van der Waals surface area contributed by atoms with E-state index in [1.54, 1.807) is 24.5 Å². The molecule has 12 heteroatoms. The van der Waals surface area contributed by atoms with Gasteiger partial charge in [-0.3, -0.25) is 19.4 Å². The molecule has 4 rings (SSSR count). The van der Waals surface area contributed by atoms with Gasteiger partial charge in [0.15, 0.2) is 5.75 Å². The lowest BCUT2D eigenvalue weighted by molar-refractivity contribution is -0.131. The number of rotatable bonds is 30. The van der Waals surface area contributed by atoms with Crippen LogP contribution < -0.4 is 10.1 Å². The summed E-state index contributed by atoms with van der Waals surface area (Å²) in [5.74, 6) is -0.0777. The number of esters is 1. The first-order valence-corrected chi connectivity index (χ1v) is 21.2. The molecular weight excluding hydrogens is 747 g/mol. The van der Waals surface area contributed by atoms with Crippen LogP contribution >= 0.6 is 23.2 Å². The van der Waals surface area contributed by atoms with Crippen molar-refractivity contribution in [3.8, 4) is 17.0 Å². The Morgan fingerprint density at radius 2 is 1.55 bits per heavy atom. The summed E-state index contributed by atoms with van der Waals surface area (Å²) in [7, 11) is 0. The zero-order valence-corrected chi connectivity index (χ0v) is 34.6. The molecule has 0 aliphatic carbocycles. The molecule has 1 aromatic carbocycles. The number of fused-ring (bicyclic) bond motifs is 1. The van der Waals surface area contributed by atoms with Gasteiger partial charge in [-0.15, -0.1) is 5.10 Å². The van der Waals surface area contributed by atoms with Gasteiger partial charge >= 0.3 is 5.97 Å². The highest BCUT2D eigenvalue weighted by molar-refractivity contribution is 6.36. The number of benzene rings is 1. The fourth-order valence-corrected chi connectivity index (χ4v) is 6.80. The molecule has 56 heavy (non-hydrogen) atoms. The maximum atomic E-state index is 11.9. The van der Waals surface area contributed by atoms with Gasteiger partial charge in [0.2, 0.25) is 0 Å². The Morgan fingerprint density at radius 1 is 0.857 bits per heavy atom. The van der Waals surface area contributed by atoms with E-state index in [9.17, 15) is 4.79 Å². The Balaban J connectivity index is 0.903. The first kappa shape index (κ1) is 44.9. The number of aromatic nitrogens is 5. The Bertz CT molecular complexity index is 1750. The molecule has 0 radical (unpaired) electrons. The van der Waals surface area contributed by atoms with Gasteiger partial charge in [-0.1, -0.05) is 85.8 Å². The maximum Gasteiger partial charge on any atom is 0.308 e. The molecule has 3 heterocycles. The standard InChI is InChI=1S/C44H60Cl2N6O4/c1-36(53)56-44-40(33-41(46)39-23-16-27-49-43(39)44)42-35-52(51-50-42)28-11-8-6-4-2-3-5-7-9-12-29-54-32-18-22-38(45)21-15-25-47-24-10-13-30-55-31-17-20-37-19-14-26-48-34-37/h14-16,19,21,23,25-27,33-35,47H,2-13,17-18,20,22,24,28-32H2,1H3/b25-15-,38-21-. The van der Waals surface area contributed by atoms with Gasteiger partial charge in [-0.2, -0.15) is 0 Å². The first-order chi connectivity index (χ1) is 27.5. The maximum absolute atomic E-state index is 11.9. The summed E-state index contributed by atoms with van der Waals surface area (Å²) < 4.78 is 19.0. The van der Waals surface area contributed by atoms with E-state index in [1.165, 1.54) is 57.4 Å². The molecule has 10 nitrogen and oxygen atoms in total. The lowest BCUT2D eigenvalue weighted by atomic mass is 10.1. The molecule has 0 fully saturated rings. The zero-order chi connectivity index (χ0) is 39.5. The normalized spacial score (nSPS) is 11.9. The van der Waals surface area contributed by atoms with Gasteiger partial charge in [0.25, 0.3) is 0 Å². The molecule has 1 N–H and O–H groups in total. The molecule has 0 bridgehead atoms. The smallest absolute Gasteiger partial charge is 0.308 e. The second kappa shape index (κ2) is 27.7. The highest BCUT2D eigenvalue weighted by Crippen LogP contribution is 2.39. The number of carbonyl (C=O) groups excluding carboxylic acids is 1. The number of nitrogens with zero attached hydrogens (tertiary/aromatic N) is 5. The lowest BCUT2D eigenvalue weighted by Gasteiger charge is -2.11. The molecule has 4 aromatic rings. The average Bonchev–Trinajstić information content (AvgIpc) is 3.68. The minimum absolute atomic E-state index is 0.351. The molecule has 0 spiro atoms. The van der Waals surface area contributed by atoms with Gasteiger partial charge in [0.05, 0.1) is 16.8 Å². The second-order valence-electron chi connectivity index (χ2n) is 14.1. The summed E-state index contributed by atoms with van der Waals surface area (Å²) in [6.07, 6.45) is 31.2. The molecule has 0 unspecified atom stereocenters. The number of ether oxygens (including phenoxy) is 3. The topological polar surface area (TPSA) is 113 Å². The van der Waals surface area contributed by atoms with E-state index in [-0.39, 0.29) is 0 Å². The number of aryl methyl sites for hydroxylation is 2. The van der Waals surface area contributed by atoms with Crippen molar-refractivity contribution in [3.63, 3.8) is 0 Å². The largest absolute Gasteiger partial charge is 0.424 e. The number of hydrogen-bond acceptors (Lipinski definition) is 9. The van der Waals surface area contributed by atoms with Crippen molar-refractivity contribution < 1.29 is 19.0 Å². The van der Waals surface area contributed by atoms with Gasteiger partial charge in [-0.25, -0.2) is 0 Å². The predicted octanol–water partition coefficient (Wildman–Crippen LogP) is 10.8. The third-order valence-electron chi connectivity index (χ3n) is 9.31. The van der Waals surface area contributed by atoms with E-state index >= 15 is 0 Å². The highest BCUT2D eigenvalue weighted by Gasteiger charge is 2.19. The number of hydrogen-bond donors (Lipinski definition) is 1. The van der Waals surface area contributed by atoms with Gasteiger partial charge in [0.1, 0.15) is 11.2 Å². The van der Waals surface area contributed by atoms with Crippen molar-refractivity contribution in [2.45, 2.75) is 116 Å². The van der Waals surface area contributed by atoms with Gasteiger partial charge in [0, 0.05) is 75.4 Å². The SMILES string of the molecule is CC(=O)Oc1c(-c2cn(CCCCCCCCCCCCOCCC/C(Cl)=C/C=C\NCCCCOCCCc3cccnc3)nn2)cc(Cl)c2cccnc12. The summed E-state index contributed by atoms with van der Waals surface area (Å²) in [4.78, 5) is 20.4. The molecule has 0 aliphatic heterocycles. The van der Waals surface area contributed by atoms with Gasteiger partial charge in [-0.05, 0) is 99.5 Å². The van der Waals surface area contributed by atoms with Crippen LogP contribution in [0, 0.1) is 0 Å². The van der Waals surface area contributed by atoms with Crippen LogP contribution in [0.4, 0.5) is 0 Å². The third kappa shape index (κ3) is 18.0. The summed E-state index contributed by atoms with van der Waals surface area (Å²) in [5, 5.41) is 14.1. The molecule has 0 saturated carbocycles. The van der Waals surface area contributed by atoms with Crippen LogP contribution in [-0.4, -0.2) is 63.9 Å². The summed E-state index contributed by atoms with van der Waals surface area (Å²) in [5.41, 5.74) is 2.99. The number of allylic oxidation sites excluding steroid dienone is 3. The third-order valence-corrected chi connectivity index (χ3v) is 9.94. The first-order valence-electron chi connectivity index (χ1n) is 20.5. The van der Waals surface area contributed by atoms with Crippen molar-refractivity contribution >= 4 is 40.1 Å². The predicted molar refractivity (Wildman–Crippen MR) is 227 cm³/mol. The van der Waals surface area contributed by atoms with Crippen LogP contribution in [0.1, 0.15) is 109 Å². The molecule has 0 amide bonds. The van der Waals surface area contributed by atoms with Crippen molar-refractivity contribution in [3.05, 3.63) is 89.1 Å². The minimum Gasteiger partial charge on any atom is -0.424 e. The molecule has 0 saturated heterocycles. The molecular formula is C44H60Cl2N6O4. The number of pyridine rings is 2. The van der Waals surface area contributed by atoms with E-state index in [0.29, 0.717) is 27.5 Å². The molecule has 0 atom stereocenters. The van der Waals surface area contributed by atoms with Crippen LogP contribution in [0.25, 0.3) is 22.2 Å². The number of carbonyl (C=O) groups is 1. The van der Waals surface area contributed by atoms with Crippen molar-refractivity contribution in [2.75, 3.05) is 33.0 Å². The molecule has 0 aliphatic rings. The van der Waals surface area contributed by atoms with Crippen LogP contribution in [-0.2, 0) is 27.2 Å². The number of nitrogens with one attached hydrogen (secondary N) is 1. The Morgan fingerprint density at radius 3 is 2.30 bits per heavy atom. The van der Waals surface area contributed by atoms with E-state index in [0.717, 1.165) is 108 Å². The highest BCUT2D eigenvalue weighted by atomic mass is 35.5. The van der Waals surface area contributed by atoms with E-state index in [2.05, 4.69) is 31.7 Å². The van der Waals surface area contributed by atoms with E-state index in [4.69, 9.17) is 37.4 Å². The monoisotopic (exact) mass is 806 g/mol. The lowest BCUT2D eigenvalue weighted by Crippen LogP contribution is -2.08. The number of unbranched alkanes of at least 4 members (excludes halogenated alkanes) is 10. The van der Waals surface area contributed by atoms with Crippen LogP contribution in [0.5, 0.6) is 5.75 Å². The fourth-order valence-electron chi connectivity index (χ4n) is 6.33. The Labute approximate surface area is 343 Å². The average molecular weight is 808 g/mol. The summed E-state index contributed by atoms with van der Waals surface area (Å²) >= 11 is 12.9. The van der Waals surface area contributed by atoms with Crippen molar-refractivity contribution in [1.29, 1.82) is 0 Å².